The predicted molar refractivity (Wildman–Crippen MR) is 80.2 cm³/mol. The smallest absolute Gasteiger partial charge is 0.355 e. The van der Waals surface area contributed by atoms with Gasteiger partial charge in [0.15, 0.2) is 0 Å². The summed E-state index contributed by atoms with van der Waals surface area (Å²) >= 11 is 0. The van der Waals surface area contributed by atoms with Gasteiger partial charge in [-0.1, -0.05) is 0 Å². The molecule has 0 saturated carbocycles. The third kappa shape index (κ3) is 3.19. The van der Waals surface area contributed by atoms with Crippen LogP contribution in [0.25, 0.3) is 5.82 Å². The second kappa shape index (κ2) is 6.48. The van der Waals surface area contributed by atoms with Gasteiger partial charge in [-0.2, -0.15) is 5.10 Å². The summed E-state index contributed by atoms with van der Waals surface area (Å²) in [6.45, 7) is 5.87. The quantitative estimate of drug-likeness (QED) is 0.638. The van der Waals surface area contributed by atoms with Crippen LogP contribution in [-0.4, -0.2) is 44.4 Å². The zero-order chi connectivity index (χ0) is 16.3. The standard InChI is InChI=1S/C13H18N6O3/c1-8-5-10(3)18(17-8)13-11(19(20)21)12(14-7-15-13)16-9(2)6-22-4/h5,7,9H,6H2,1-4H3,(H,14,15,16). The molecule has 0 aliphatic carbocycles. The van der Waals surface area contributed by atoms with Crippen LogP contribution >= 0.6 is 0 Å². The van der Waals surface area contributed by atoms with E-state index in [0.717, 1.165) is 11.4 Å². The lowest BCUT2D eigenvalue weighted by Gasteiger charge is -2.14. The minimum Gasteiger partial charge on any atom is -0.383 e. The molecule has 0 spiro atoms. The highest BCUT2D eigenvalue weighted by Crippen LogP contribution is 2.28. The number of nitro groups is 1. The number of aromatic nitrogens is 4. The van der Waals surface area contributed by atoms with E-state index < -0.39 is 4.92 Å². The molecule has 2 heterocycles. The van der Waals surface area contributed by atoms with Crippen LogP contribution in [0.2, 0.25) is 0 Å². The largest absolute Gasteiger partial charge is 0.383 e. The summed E-state index contributed by atoms with van der Waals surface area (Å²) in [4.78, 5) is 19.0. The van der Waals surface area contributed by atoms with Crippen LogP contribution in [0.4, 0.5) is 11.5 Å². The van der Waals surface area contributed by atoms with Gasteiger partial charge in [0.2, 0.25) is 11.6 Å². The van der Waals surface area contributed by atoms with Gasteiger partial charge in [0.05, 0.1) is 17.2 Å². The topological polar surface area (TPSA) is 108 Å². The Kier molecular flexibility index (Phi) is 4.66. The molecule has 1 unspecified atom stereocenters. The van der Waals surface area contributed by atoms with Gasteiger partial charge >= 0.3 is 5.69 Å². The molecule has 0 aliphatic heterocycles. The number of ether oxygens (including phenoxy) is 1. The maximum atomic E-state index is 11.5. The third-order valence-electron chi connectivity index (χ3n) is 3.00. The molecule has 0 aromatic carbocycles. The van der Waals surface area contributed by atoms with Crippen molar-refractivity contribution in [3.05, 3.63) is 33.9 Å². The van der Waals surface area contributed by atoms with E-state index in [2.05, 4.69) is 20.4 Å². The van der Waals surface area contributed by atoms with Crippen molar-refractivity contribution in [3.63, 3.8) is 0 Å². The summed E-state index contributed by atoms with van der Waals surface area (Å²) in [5, 5.41) is 18.7. The van der Waals surface area contributed by atoms with Crippen LogP contribution in [0.5, 0.6) is 0 Å². The lowest BCUT2D eigenvalue weighted by atomic mass is 10.3. The van der Waals surface area contributed by atoms with E-state index in [4.69, 9.17) is 4.74 Å². The first-order valence-corrected chi connectivity index (χ1v) is 6.72. The second-order valence-corrected chi connectivity index (χ2v) is 4.99. The Morgan fingerprint density at radius 1 is 1.45 bits per heavy atom. The van der Waals surface area contributed by atoms with Gasteiger partial charge in [-0.15, -0.1) is 0 Å². The molecule has 1 atom stereocenters. The first kappa shape index (κ1) is 15.8. The average Bonchev–Trinajstić information content (AvgIpc) is 2.77. The molecule has 2 rings (SSSR count). The number of methoxy groups -OCH3 is 1. The highest BCUT2D eigenvalue weighted by atomic mass is 16.6. The van der Waals surface area contributed by atoms with Crippen LogP contribution in [0.3, 0.4) is 0 Å². The first-order valence-electron chi connectivity index (χ1n) is 6.72. The molecule has 2 aromatic rings. The lowest BCUT2D eigenvalue weighted by Crippen LogP contribution is -2.23. The molecule has 0 aliphatic rings. The molecule has 118 valence electrons. The van der Waals surface area contributed by atoms with Crippen LogP contribution in [0.15, 0.2) is 12.4 Å². The number of rotatable bonds is 6. The minimum absolute atomic E-state index is 0.132. The summed E-state index contributed by atoms with van der Waals surface area (Å²) < 4.78 is 6.47. The molecule has 22 heavy (non-hydrogen) atoms. The Bertz CT molecular complexity index is 684. The van der Waals surface area contributed by atoms with Crippen molar-refractivity contribution in [3.8, 4) is 5.82 Å². The van der Waals surface area contributed by atoms with Gasteiger partial charge in [0.25, 0.3) is 0 Å². The van der Waals surface area contributed by atoms with Gasteiger partial charge in [-0.3, -0.25) is 10.1 Å². The number of anilines is 1. The highest BCUT2D eigenvalue weighted by molar-refractivity contribution is 5.64. The third-order valence-corrected chi connectivity index (χ3v) is 3.00. The highest BCUT2D eigenvalue weighted by Gasteiger charge is 2.26. The van der Waals surface area contributed by atoms with E-state index in [9.17, 15) is 10.1 Å². The Hall–Kier alpha value is -2.55. The van der Waals surface area contributed by atoms with E-state index in [0.29, 0.717) is 6.61 Å². The van der Waals surface area contributed by atoms with E-state index >= 15 is 0 Å². The summed E-state index contributed by atoms with van der Waals surface area (Å²) in [5.74, 6) is 0.282. The number of nitrogens with zero attached hydrogens (tertiary/aromatic N) is 5. The van der Waals surface area contributed by atoms with Crippen LogP contribution in [0.1, 0.15) is 18.3 Å². The van der Waals surface area contributed by atoms with Gasteiger partial charge in [-0.25, -0.2) is 14.6 Å². The summed E-state index contributed by atoms with van der Waals surface area (Å²) in [7, 11) is 1.56. The summed E-state index contributed by atoms with van der Waals surface area (Å²) in [5.41, 5.74) is 1.31. The zero-order valence-corrected chi connectivity index (χ0v) is 12.9. The fourth-order valence-corrected chi connectivity index (χ4v) is 2.17. The lowest BCUT2D eigenvalue weighted by molar-refractivity contribution is -0.384. The number of hydrogen-bond donors (Lipinski definition) is 1. The molecule has 0 fully saturated rings. The van der Waals surface area contributed by atoms with Gasteiger partial charge in [0, 0.05) is 18.8 Å². The second-order valence-electron chi connectivity index (χ2n) is 4.99. The van der Waals surface area contributed by atoms with E-state index in [1.54, 1.807) is 7.11 Å². The molecule has 2 aromatic heterocycles. The van der Waals surface area contributed by atoms with Crippen molar-refractivity contribution < 1.29 is 9.66 Å². The summed E-state index contributed by atoms with van der Waals surface area (Å²) in [6, 6.07) is 1.69. The fourth-order valence-electron chi connectivity index (χ4n) is 2.17. The van der Waals surface area contributed by atoms with Crippen molar-refractivity contribution >= 4 is 11.5 Å². The minimum atomic E-state index is -0.506. The van der Waals surface area contributed by atoms with Crippen LogP contribution < -0.4 is 5.32 Å². The van der Waals surface area contributed by atoms with E-state index in [1.165, 1.54) is 11.0 Å². The normalized spacial score (nSPS) is 12.2. The van der Waals surface area contributed by atoms with Crippen molar-refractivity contribution in [2.24, 2.45) is 0 Å². The molecule has 1 N–H and O–H groups in total. The van der Waals surface area contributed by atoms with Crippen LogP contribution in [-0.2, 0) is 4.74 Å². The molecule has 0 bridgehead atoms. The SMILES string of the molecule is COCC(C)Nc1ncnc(-n2nc(C)cc2C)c1[N+](=O)[O-]. The molecule has 0 amide bonds. The monoisotopic (exact) mass is 306 g/mol. The Morgan fingerprint density at radius 3 is 2.73 bits per heavy atom. The Morgan fingerprint density at radius 2 is 2.18 bits per heavy atom. The summed E-state index contributed by atoms with van der Waals surface area (Å²) in [6.07, 6.45) is 1.28. The number of nitrogens with one attached hydrogen (secondary N) is 1. The Labute approximate surface area is 127 Å². The number of aryl methyl sites for hydroxylation is 2. The van der Waals surface area contributed by atoms with Crippen molar-refractivity contribution in [1.82, 2.24) is 19.7 Å². The van der Waals surface area contributed by atoms with Crippen molar-refractivity contribution in [1.29, 1.82) is 0 Å². The van der Waals surface area contributed by atoms with Gasteiger partial charge < -0.3 is 10.1 Å². The van der Waals surface area contributed by atoms with E-state index in [-0.39, 0.29) is 23.4 Å². The van der Waals surface area contributed by atoms with Crippen LogP contribution in [0, 0.1) is 24.0 Å². The zero-order valence-electron chi connectivity index (χ0n) is 12.9. The van der Waals surface area contributed by atoms with Crippen molar-refractivity contribution in [2.75, 3.05) is 19.0 Å². The molecule has 0 radical (unpaired) electrons. The maximum absolute atomic E-state index is 11.5. The van der Waals surface area contributed by atoms with E-state index in [1.807, 2.05) is 26.8 Å². The molecular weight excluding hydrogens is 288 g/mol. The van der Waals surface area contributed by atoms with Gasteiger partial charge in [-0.05, 0) is 26.8 Å². The molecular formula is C13H18N6O3. The Balaban J connectivity index is 2.51. The van der Waals surface area contributed by atoms with Crippen molar-refractivity contribution in [2.45, 2.75) is 26.8 Å². The fraction of sp³-hybridized carbons (Fsp3) is 0.462. The first-order chi connectivity index (χ1) is 10.4. The van der Waals surface area contributed by atoms with Gasteiger partial charge in [0.1, 0.15) is 6.33 Å². The average molecular weight is 306 g/mol. The molecule has 0 saturated heterocycles. The molecule has 9 heteroatoms. The maximum Gasteiger partial charge on any atom is 0.355 e. The number of hydrogen-bond acceptors (Lipinski definition) is 7. The molecule has 9 nitrogen and oxygen atoms in total. The predicted octanol–water partition coefficient (Wildman–Crippen LogP) is 1.63.